The van der Waals surface area contributed by atoms with Gasteiger partial charge in [0.05, 0.1) is 6.61 Å². The number of hydrogen-bond acceptors (Lipinski definition) is 7. The Balaban J connectivity index is -0.000000151. The van der Waals surface area contributed by atoms with E-state index in [1.165, 1.54) is 0 Å². The van der Waals surface area contributed by atoms with E-state index >= 15 is 0 Å². The van der Waals surface area contributed by atoms with Crippen LogP contribution in [0.25, 0.3) is 0 Å². The Labute approximate surface area is 175 Å². The van der Waals surface area contributed by atoms with Crippen LogP contribution in [-0.2, 0) is 13.9 Å². The molecule has 0 bridgehead atoms. The molecule has 0 aromatic heterocycles. The Morgan fingerprint density at radius 3 is 1.07 bits per heavy atom. The van der Waals surface area contributed by atoms with Crippen molar-refractivity contribution < 1.29 is 152 Å². The summed E-state index contributed by atoms with van der Waals surface area (Å²) in [6.07, 6.45) is 0. The van der Waals surface area contributed by atoms with E-state index in [4.69, 9.17) is 0 Å². The molecule has 13 heteroatoms. The molecule has 0 aromatic carbocycles. The molecule has 15 heavy (non-hydrogen) atoms. The first-order valence-electron chi connectivity index (χ1n) is 2.39. The van der Waals surface area contributed by atoms with Gasteiger partial charge in [0.2, 0.25) is 0 Å². The van der Waals surface area contributed by atoms with Crippen LogP contribution < -0.4 is 138 Å². The zero-order valence-corrected chi connectivity index (χ0v) is 18.7. The van der Waals surface area contributed by atoms with E-state index in [0.717, 1.165) is 0 Å². The van der Waals surface area contributed by atoms with E-state index in [1.54, 1.807) is 0 Å². The van der Waals surface area contributed by atoms with Crippen molar-refractivity contribution in [3.63, 3.8) is 0 Å². The minimum atomic E-state index is -5.49. The monoisotopic (exact) mass is 292 g/mol. The Bertz CT molecular complexity index is 242. The summed E-state index contributed by atoms with van der Waals surface area (Å²) in [5.74, 6) is 0. The Morgan fingerprint density at radius 2 is 1.07 bits per heavy atom. The van der Waals surface area contributed by atoms with Crippen LogP contribution in [-0.4, -0.2) is 11.7 Å². The van der Waals surface area contributed by atoms with Crippen LogP contribution in [0.3, 0.4) is 0 Å². The average molecular weight is 292 g/mol. The smallest absolute Gasteiger partial charge is 0.808 e. The average Bonchev–Trinajstić information content (AvgIpc) is 2.31. The van der Waals surface area contributed by atoms with E-state index in [0.29, 0.717) is 0 Å². The predicted octanol–water partition coefficient (Wildman–Crippen LogP) is -15.5. The summed E-state index contributed by atoms with van der Waals surface area (Å²) in [4.78, 5) is 40.5. The molecule has 0 unspecified atom stereocenters. The zero-order chi connectivity index (χ0) is 8.91. The van der Waals surface area contributed by atoms with Crippen LogP contribution in [0.1, 0.15) is 0 Å². The second-order valence-electron chi connectivity index (χ2n) is 2.03. The quantitative estimate of drug-likeness (QED) is 0.279. The van der Waals surface area contributed by atoms with Crippen molar-refractivity contribution in [2.24, 2.45) is 0 Å². The van der Waals surface area contributed by atoms with Crippen LogP contribution in [0.15, 0.2) is 0 Å². The van der Waals surface area contributed by atoms with Gasteiger partial charge in [-0.2, -0.15) is 0 Å². The SMILES string of the molecule is O=P([O-])([O-])C1(P(=O)([O-])[O-])CO1.[Na+].[Na+].[Na+].[Na+]. The van der Waals surface area contributed by atoms with Gasteiger partial charge >= 0.3 is 118 Å². The zero-order valence-electron chi connectivity index (χ0n) is 8.96. The van der Waals surface area contributed by atoms with Crippen molar-refractivity contribution in [3.05, 3.63) is 0 Å². The molecular weight excluding hydrogens is 290 g/mol. The van der Waals surface area contributed by atoms with E-state index in [-0.39, 0.29) is 118 Å². The number of hydrogen-bond donors (Lipinski definition) is 0. The van der Waals surface area contributed by atoms with Gasteiger partial charge in [0, 0.05) is 0 Å². The van der Waals surface area contributed by atoms with E-state index in [9.17, 15) is 28.7 Å². The summed E-state index contributed by atoms with van der Waals surface area (Å²) in [6, 6.07) is 0. The summed E-state index contributed by atoms with van der Waals surface area (Å²) < 4.78 is 24.1. The van der Waals surface area contributed by atoms with Crippen molar-refractivity contribution in [2.45, 2.75) is 5.08 Å². The van der Waals surface area contributed by atoms with Gasteiger partial charge in [-0.1, -0.05) is 0 Å². The second kappa shape index (κ2) is 9.24. The molecule has 0 aliphatic carbocycles. The number of ether oxygens (including phenoxy) is 1. The molecular formula is C2H2Na4O7P2. The molecule has 0 atom stereocenters. The summed E-state index contributed by atoms with van der Waals surface area (Å²) in [5, 5.41) is -2.99. The van der Waals surface area contributed by atoms with Crippen LogP contribution in [0.5, 0.6) is 0 Å². The standard InChI is InChI=1S/C2H6O7P2.4Na/c3-10(4,5)2(1-9-2)11(6,7)8;;;;/h1H2,(H2,3,4,5)(H2,6,7,8);;;;/q;4*+1/p-4. The van der Waals surface area contributed by atoms with Crippen LogP contribution >= 0.6 is 15.2 Å². The molecule has 0 N–H and O–H groups in total. The van der Waals surface area contributed by atoms with Gasteiger partial charge in [-0.15, -0.1) is 0 Å². The molecule has 1 aliphatic rings. The molecule has 0 aromatic rings. The van der Waals surface area contributed by atoms with Gasteiger partial charge in [0.25, 0.3) is 0 Å². The maximum Gasteiger partial charge on any atom is 1.00 e. The van der Waals surface area contributed by atoms with Gasteiger partial charge in [-0.3, -0.25) is 0 Å². The first-order chi connectivity index (χ1) is 4.71. The Hall–Kier alpha value is 4.26. The van der Waals surface area contributed by atoms with Gasteiger partial charge in [0.1, 0.15) is 5.08 Å². The van der Waals surface area contributed by atoms with Crippen molar-refractivity contribution in [2.75, 3.05) is 6.61 Å². The molecule has 0 saturated carbocycles. The Kier molecular flexibility index (Phi) is 17.0. The topological polar surface area (TPSA) is 139 Å². The molecule has 0 radical (unpaired) electrons. The van der Waals surface area contributed by atoms with E-state index in [1.807, 2.05) is 0 Å². The minimum absolute atomic E-state index is 0. The normalized spacial score (nSPS) is 17.1. The van der Waals surface area contributed by atoms with Gasteiger partial charge in [0.15, 0.2) is 0 Å². The maximum absolute atomic E-state index is 10.1. The van der Waals surface area contributed by atoms with Gasteiger partial charge < -0.3 is 33.4 Å². The van der Waals surface area contributed by atoms with E-state index < -0.39 is 26.9 Å². The fraction of sp³-hybridized carbons (Fsp3) is 1.00. The third kappa shape index (κ3) is 6.50. The molecule has 0 spiro atoms. The van der Waals surface area contributed by atoms with E-state index in [2.05, 4.69) is 4.74 Å². The van der Waals surface area contributed by atoms with Crippen molar-refractivity contribution in [3.8, 4) is 0 Å². The molecule has 1 aliphatic heterocycles. The molecule has 66 valence electrons. The fourth-order valence-electron chi connectivity index (χ4n) is 0.531. The van der Waals surface area contributed by atoms with Crippen molar-refractivity contribution >= 4 is 15.2 Å². The Morgan fingerprint density at radius 1 is 0.867 bits per heavy atom. The van der Waals surface area contributed by atoms with Gasteiger partial charge in [-0.25, -0.2) is 0 Å². The largest absolute Gasteiger partial charge is 1.00 e. The summed E-state index contributed by atoms with van der Waals surface area (Å²) in [6.45, 7) is -0.846. The number of rotatable bonds is 2. The summed E-state index contributed by atoms with van der Waals surface area (Å²) in [5.41, 5.74) is 0. The van der Waals surface area contributed by atoms with Crippen LogP contribution in [0.2, 0.25) is 0 Å². The van der Waals surface area contributed by atoms with Crippen molar-refractivity contribution in [1.82, 2.24) is 0 Å². The predicted molar refractivity (Wildman–Crippen MR) is 23.9 cm³/mol. The maximum atomic E-state index is 10.1. The first-order valence-corrected chi connectivity index (χ1v) is 5.47. The summed E-state index contributed by atoms with van der Waals surface area (Å²) >= 11 is 0. The molecule has 1 rings (SSSR count). The van der Waals surface area contributed by atoms with Gasteiger partial charge in [-0.05, 0) is 15.2 Å². The first kappa shape index (κ1) is 27.6. The van der Waals surface area contributed by atoms with Crippen molar-refractivity contribution in [1.29, 1.82) is 0 Å². The number of epoxide rings is 1. The second-order valence-corrected chi connectivity index (χ2v) is 5.81. The third-order valence-corrected chi connectivity index (χ3v) is 4.96. The van der Waals surface area contributed by atoms with Crippen LogP contribution in [0.4, 0.5) is 0 Å². The fourth-order valence-corrected chi connectivity index (χ4v) is 2.49. The molecule has 0 amide bonds. The molecule has 1 saturated heterocycles. The van der Waals surface area contributed by atoms with Crippen LogP contribution in [0, 0.1) is 0 Å². The minimum Gasteiger partial charge on any atom is -0.808 e. The molecule has 7 nitrogen and oxygen atoms in total. The third-order valence-electron chi connectivity index (χ3n) is 1.26. The molecule has 1 heterocycles. The molecule has 1 fully saturated rings. The summed E-state index contributed by atoms with van der Waals surface area (Å²) in [7, 11) is -11.0.